The lowest BCUT2D eigenvalue weighted by Gasteiger charge is -1.79. The second-order valence-electron chi connectivity index (χ2n) is 1.67. The number of fused-ring (bicyclic) bond motifs is 1. The summed E-state index contributed by atoms with van der Waals surface area (Å²) in [6, 6.07) is 1.83. The van der Waals surface area contributed by atoms with Crippen LogP contribution >= 0.6 is 0 Å². The van der Waals surface area contributed by atoms with Crippen molar-refractivity contribution in [3.63, 3.8) is 0 Å². The molecule has 0 spiro atoms. The van der Waals surface area contributed by atoms with Gasteiger partial charge >= 0.3 is 0 Å². The Morgan fingerprint density at radius 2 is 2.56 bits per heavy atom. The standard InChI is InChI=1S/C5H4N4.H2/c1-2-8-9-5-4(1)6-3-7-5;/h1-3H,(H,6,7,9);1H. The average Bonchev–Trinajstić information content (AvgIpc) is 2.33. The average molecular weight is 122 g/mol. The van der Waals surface area contributed by atoms with Crippen molar-refractivity contribution in [1.82, 2.24) is 20.2 Å². The van der Waals surface area contributed by atoms with Gasteiger partial charge in [-0.05, 0) is 6.07 Å². The Balaban J connectivity index is 0.000000500. The van der Waals surface area contributed by atoms with E-state index in [0.29, 0.717) is 5.65 Å². The van der Waals surface area contributed by atoms with E-state index in [4.69, 9.17) is 0 Å². The van der Waals surface area contributed by atoms with Crippen LogP contribution in [0.4, 0.5) is 0 Å². The largest absolute Gasteiger partial charge is 0.343 e. The maximum atomic E-state index is 3.89. The van der Waals surface area contributed by atoms with Gasteiger partial charge < -0.3 is 4.98 Å². The van der Waals surface area contributed by atoms with Gasteiger partial charge in [0.2, 0.25) is 0 Å². The number of hydrogen-bond acceptors (Lipinski definition) is 3. The molecule has 2 rings (SSSR count). The van der Waals surface area contributed by atoms with Gasteiger partial charge in [0.25, 0.3) is 0 Å². The first kappa shape index (κ1) is 4.43. The van der Waals surface area contributed by atoms with Crippen LogP contribution in [0.1, 0.15) is 1.43 Å². The van der Waals surface area contributed by atoms with Crippen LogP contribution in [-0.4, -0.2) is 20.2 Å². The molecule has 0 unspecified atom stereocenters. The zero-order valence-electron chi connectivity index (χ0n) is 4.57. The number of nitrogens with one attached hydrogen (secondary N) is 1. The highest BCUT2D eigenvalue weighted by atomic mass is 15.1. The monoisotopic (exact) mass is 122 g/mol. The molecule has 0 fully saturated rings. The molecule has 9 heavy (non-hydrogen) atoms. The Morgan fingerprint density at radius 3 is 3.44 bits per heavy atom. The first-order chi connectivity index (χ1) is 4.47. The first-order valence-corrected chi connectivity index (χ1v) is 2.57. The van der Waals surface area contributed by atoms with Gasteiger partial charge in [-0.2, -0.15) is 5.10 Å². The highest BCUT2D eigenvalue weighted by molar-refractivity contribution is 5.67. The van der Waals surface area contributed by atoms with Crippen molar-refractivity contribution in [3.8, 4) is 0 Å². The molecule has 0 amide bonds. The number of rotatable bonds is 0. The van der Waals surface area contributed by atoms with Gasteiger partial charge in [0, 0.05) is 1.43 Å². The van der Waals surface area contributed by atoms with Gasteiger partial charge in [-0.25, -0.2) is 4.98 Å². The number of nitrogens with zero attached hydrogens (tertiary/aromatic N) is 3. The number of aromatic amines is 1. The van der Waals surface area contributed by atoms with Gasteiger partial charge in [-0.3, -0.25) is 0 Å². The van der Waals surface area contributed by atoms with Crippen LogP contribution in [0.5, 0.6) is 0 Å². The molecule has 0 aliphatic rings. The third-order valence-corrected chi connectivity index (χ3v) is 1.11. The number of H-pyrrole nitrogens is 1. The predicted octanol–water partition coefficient (Wildman–Crippen LogP) is 0.599. The molecule has 0 saturated carbocycles. The maximum Gasteiger partial charge on any atom is 0.199 e. The summed E-state index contributed by atoms with van der Waals surface area (Å²) in [5, 5.41) is 7.40. The lowest BCUT2D eigenvalue weighted by molar-refractivity contribution is 1.06. The van der Waals surface area contributed by atoms with E-state index < -0.39 is 0 Å². The van der Waals surface area contributed by atoms with E-state index in [1.807, 2.05) is 6.07 Å². The molecule has 0 saturated heterocycles. The SMILES string of the molecule is [HH].c1cc2[nH]cnc2nn1. The molecule has 0 radical (unpaired) electrons. The van der Waals surface area contributed by atoms with E-state index in [2.05, 4.69) is 20.2 Å². The third kappa shape index (κ3) is 0.561. The summed E-state index contributed by atoms with van der Waals surface area (Å²) in [5.41, 5.74) is 1.59. The molecule has 2 aromatic heterocycles. The van der Waals surface area contributed by atoms with Crippen molar-refractivity contribution >= 4 is 11.2 Å². The summed E-state index contributed by atoms with van der Waals surface area (Å²) in [6.45, 7) is 0. The summed E-state index contributed by atoms with van der Waals surface area (Å²) in [6.07, 6.45) is 3.22. The van der Waals surface area contributed by atoms with Crippen LogP contribution in [0.15, 0.2) is 18.6 Å². The Hall–Kier alpha value is -1.45. The van der Waals surface area contributed by atoms with Gasteiger partial charge in [0.15, 0.2) is 5.65 Å². The van der Waals surface area contributed by atoms with Crippen molar-refractivity contribution in [1.29, 1.82) is 0 Å². The van der Waals surface area contributed by atoms with Crippen LogP contribution in [0.25, 0.3) is 11.2 Å². The molecule has 1 N–H and O–H groups in total. The van der Waals surface area contributed by atoms with Crippen molar-refractivity contribution in [3.05, 3.63) is 18.6 Å². The number of imidazole rings is 1. The van der Waals surface area contributed by atoms with Gasteiger partial charge in [0.1, 0.15) is 0 Å². The maximum absolute atomic E-state index is 3.89. The molecular weight excluding hydrogens is 116 g/mol. The minimum Gasteiger partial charge on any atom is -0.343 e. The van der Waals surface area contributed by atoms with E-state index >= 15 is 0 Å². The zero-order chi connectivity index (χ0) is 6.10. The van der Waals surface area contributed by atoms with Gasteiger partial charge in [-0.15, -0.1) is 5.10 Å². The van der Waals surface area contributed by atoms with E-state index in [0.717, 1.165) is 5.52 Å². The predicted molar refractivity (Wildman–Crippen MR) is 33.8 cm³/mol. The van der Waals surface area contributed by atoms with Crippen molar-refractivity contribution < 1.29 is 1.43 Å². The summed E-state index contributed by atoms with van der Waals surface area (Å²) in [7, 11) is 0. The zero-order valence-corrected chi connectivity index (χ0v) is 4.57. The molecule has 0 bridgehead atoms. The van der Waals surface area contributed by atoms with E-state index in [-0.39, 0.29) is 1.43 Å². The summed E-state index contributed by atoms with van der Waals surface area (Å²) in [5.74, 6) is 0. The Morgan fingerprint density at radius 1 is 1.56 bits per heavy atom. The molecular formula is C5H6N4. The molecule has 2 aromatic rings. The molecule has 0 aliphatic heterocycles. The molecule has 0 aromatic carbocycles. The van der Waals surface area contributed by atoms with E-state index in [9.17, 15) is 0 Å². The fourth-order valence-electron chi connectivity index (χ4n) is 0.695. The lowest BCUT2D eigenvalue weighted by atomic mass is 10.5. The van der Waals surface area contributed by atoms with Gasteiger partial charge in [0.05, 0.1) is 18.0 Å². The van der Waals surface area contributed by atoms with Crippen molar-refractivity contribution in [2.45, 2.75) is 0 Å². The minimum absolute atomic E-state index is 0. The van der Waals surface area contributed by atoms with Crippen LogP contribution in [0.3, 0.4) is 0 Å². The van der Waals surface area contributed by atoms with E-state index in [1.165, 1.54) is 0 Å². The highest BCUT2D eigenvalue weighted by Crippen LogP contribution is 1.99. The molecule has 4 heteroatoms. The highest BCUT2D eigenvalue weighted by Gasteiger charge is 1.91. The summed E-state index contributed by atoms with van der Waals surface area (Å²) >= 11 is 0. The smallest absolute Gasteiger partial charge is 0.199 e. The second kappa shape index (κ2) is 1.51. The number of hydrogen-bond donors (Lipinski definition) is 1. The molecule has 2 heterocycles. The summed E-state index contributed by atoms with van der Waals surface area (Å²) in [4.78, 5) is 6.80. The Labute approximate surface area is 52.4 Å². The lowest BCUT2D eigenvalue weighted by Crippen LogP contribution is -1.78. The number of aromatic nitrogens is 4. The van der Waals surface area contributed by atoms with Crippen molar-refractivity contribution in [2.75, 3.05) is 0 Å². The van der Waals surface area contributed by atoms with Crippen LogP contribution in [-0.2, 0) is 0 Å². The molecule has 46 valence electrons. The quantitative estimate of drug-likeness (QED) is 0.556. The Kier molecular flexibility index (Phi) is 0.745. The fraction of sp³-hybridized carbons (Fsp3) is 0. The van der Waals surface area contributed by atoms with Crippen LogP contribution < -0.4 is 0 Å². The topological polar surface area (TPSA) is 54.5 Å². The molecule has 0 atom stereocenters. The second-order valence-corrected chi connectivity index (χ2v) is 1.67. The van der Waals surface area contributed by atoms with Crippen LogP contribution in [0.2, 0.25) is 0 Å². The van der Waals surface area contributed by atoms with E-state index in [1.54, 1.807) is 12.5 Å². The van der Waals surface area contributed by atoms with Crippen molar-refractivity contribution in [2.24, 2.45) is 0 Å². The van der Waals surface area contributed by atoms with Gasteiger partial charge in [-0.1, -0.05) is 0 Å². The summed E-state index contributed by atoms with van der Waals surface area (Å²) < 4.78 is 0. The molecule has 0 aliphatic carbocycles. The fourth-order valence-corrected chi connectivity index (χ4v) is 0.695. The molecule has 4 nitrogen and oxygen atoms in total. The third-order valence-electron chi connectivity index (χ3n) is 1.11. The van der Waals surface area contributed by atoms with Crippen LogP contribution in [0, 0.1) is 0 Å². The minimum atomic E-state index is 0. The Bertz CT molecular complexity index is 288. The normalized spacial score (nSPS) is 10.2. The first-order valence-electron chi connectivity index (χ1n) is 2.57.